The Labute approximate surface area is 168 Å². The summed E-state index contributed by atoms with van der Waals surface area (Å²) < 4.78 is 66.0. The molecule has 9 heteroatoms. The van der Waals surface area contributed by atoms with E-state index in [4.69, 9.17) is 0 Å². The fraction of sp³-hybridized carbons (Fsp3) is 0.400. The van der Waals surface area contributed by atoms with Crippen LogP contribution in [0, 0.1) is 0 Å². The summed E-state index contributed by atoms with van der Waals surface area (Å²) in [5.74, 6) is 0. The zero-order valence-corrected chi connectivity index (χ0v) is 16.9. The Bertz CT molecular complexity index is 945. The van der Waals surface area contributed by atoms with Gasteiger partial charge in [0.1, 0.15) is 0 Å². The topological polar surface area (TPSA) is 60.9 Å². The fourth-order valence-electron chi connectivity index (χ4n) is 3.41. The largest absolute Gasteiger partial charge is 0.421 e. The zero-order valence-electron chi connectivity index (χ0n) is 16.1. The summed E-state index contributed by atoms with van der Waals surface area (Å²) in [5, 5.41) is 9.80. The summed E-state index contributed by atoms with van der Waals surface area (Å²) >= 11 is 0. The minimum atomic E-state index is -4.78. The lowest BCUT2D eigenvalue weighted by Gasteiger charge is -2.40. The molecule has 2 atom stereocenters. The number of halogens is 3. The first-order chi connectivity index (χ1) is 13.4. The number of piperazine rings is 1. The third-order valence-electron chi connectivity index (χ3n) is 5.28. The van der Waals surface area contributed by atoms with E-state index in [0.717, 1.165) is 6.92 Å². The van der Waals surface area contributed by atoms with Crippen molar-refractivity contribution < 1.29 is 26.7 Å². The predicted molar refractivity (Wildman–Crippen MR) is 104 cm³/mol. The molecule has 1 fully saturated rings. The summed E-state index contributed by atoms with van der Waals surface area (Å²) in [5.41, 5.74) is -2.50. The van der Waals surface area contributed by atoms with E-state index in [-0.39, 0.29) is 29.6 Å². The molecule has 1 heterocycles. The zero-order chi connectivity index (χ0) is 21.4. The Kier molecular flexibility index (Phi) is 5.68. The number of alkyl halides is 3. The van der Waals surface area contributed by atoms with Gasteiger partial charge in [-0.15, -0.1) is 0 Å². The van der Waals surface area contributed by atoms with E-state index < -0.39 is 21.8 Å². The number of benzene rings is 2. The predicted octanol–water partition coefficient (Wildman–Crippen LogP) is 3.36. The Balaban J connectivity index is 1.75. The van der Waals surface area contributed by atoms with Crippen molar-refractivity contribution in [3.8, 4) is 0 Å². The van der Waals surface area contributed by atoms with E-state index >= 15 is 0 Å². The van der Waals surface area contributed by atoms with Gasteiger partial charge in [0, 0.05) is 31.4 Å². The second kappa shape index (κ2) is 7.62. The number of anilines is 1. The summed E-state index contributed by atoms with van der Waals surface area (Å²) in [6, 6.07) is 13.6. The van der Waals surface area contributed by atoms with Crippen molar-refractivity contribution in [2.24, 2.45) is 0 Å². The molecule has 0 spiro atoms. The first-order valence-electron chi connectivity index (χ1n) is 9.16. The molecule has 0 bridgehead atoms. The Morgan fingerprint density at radius 2 is 1.59 bits per heavy atom. The first kappa shape index (κ1) is 21.6. The van der Waals surface area contributed by atoms with Crippen LogP contribution in [-0.4, -0.2) is 49.7 Å². The van der Waals surface area contributed by atoms with Gasteiger partial charge in [-0.05, 0) is 43.7 Å². The lowest BCUT2D eigenvalue weighted by molar-refractivity contribution is -0.258. The van der Waals surface area contributed by atoms with Crippen molar-refractivity contribution in [1.29, 1.82) is 0 Å². The molecule has 0 radical (unpaired) electrons. The molecular weight excluding hydrogens is 405 g/mol. The molecule has 0 aromatic heterocycles. The SMILES string of the molecule is C[C@H]1CN(S(=O)(=O)c2ccccc2)CCN1c1ccc(C(C)(O)C(F)(F)F)cc1. The quantitative estimate of drug-likeness (QED) is 0.811. The first-order valence-corrected chi connectivity index (χ1v) is 10.6. The fourth-order valence-corrected chi connectivity index (χ4v) is 4.94. The molecule has 2 aromatic rings. The third kappa shape index (κ3) is 4.12. The van der Waals surface area contributed by atoms with E-state index in [2.05, 4.69) is 0 Å². The highest BCUT2D eigenvalue weighted by Crippen LogP contribution is 2.39. The monoisotopic (exact) mass is 428 g/mol. The van der Waals surface area contributed by atoms with Gasteiger partial charge in [0.05, 0.1) is 4.90 Å². The number of rotatable bonds is 4. The average Bonchev–Trinajstić information content (AvgIpc) is 2.68. The number of hydrogen-bond donors (Lipinski definition) is 1. The maximum Gasteiger partial charge on any atom is 0.421 e. The average molecular weight is 428 g/mol. The summed E-state index contributed by atoms with van der Waals surface area (Å²) in [4.78, 5) is 2.18. The number of aliphatic hydroxyl groups is 1. The van der Waals surface area contributed by atoms with Crippen molar-refractivity contribution in [3.63, 3.8) is 0 Å². The minimum absolute atomic E-state index is 0.170. The molecule has 29 heavy (non-hydrogen) atoms. The molecule has 1 aliphatic rings. The minimum Gasteiger partial charge on any atom is -0.376 e. The second-order valence-corrected chi connectivity index (χ2v) is 9.27. The van der Waals surface area contributed by atoms with Gasteiger partial charge < -0.3 is 10.0 Å². The van der Waals surface area contributed by atoms with Crippen LogP contribution in [-0.2, 0) is 15.6 Å². The van der Waals surface area contributed by atoms with E-state index in [1.54, 1.807) is 30.3 Å². The van der Waals surface area contributed by atoms with Crippen LogP contribution in [0.15, 0.2) is 59.5 Å². The van der Waals surface area contributed by atoms with Gasteiger partial charge in [-0.25, -0.2) is 8.42 Å². The number of hydrogen-bond acceptors (Lipinski definition) is 4. The molecule has 0 saturated carbocycles. The van der Waals surface area contributed by atoms with E-state index in [9.17, 15) is 26.7 Å². The van der Waals surface area contributed by atoms with Crippen LogP contribution < -0.4 is 4.90 Å². The van der Waals surface area contributed by atoms with Crippen molar-refractivity contribution in [3.05, 3.63) is 60.2 Å². The maximum atomic E-state index is 13.0. The number of nitrogens with zero attached hydrogens (tertiary/aromatic N) is 2. The summed E-state index contributed by atoms with van der Waals surface area (Å²) in [7, 11) is -3.59. The highest BCUT2D eigenvalue weighted by molar-refractivity contribution is 7.89. The van der Waals surface area contributed by atoms with Gasteiger partial charge in [-0.3, -0.25) is 0 Å². The second-order valence-electron chi connectivity index (χ2n) is 7.34. The maximum absolute atomic E-state index is 13.0. The standard InChI is InChI=1S/C20H23F3N2O3S/c1-15-14-24(29(27,28)18-6-4-3-5-7-18)12-13-25(15)17-10-8-16(9-11-17)19(2,26)20(21,22)23/h3-11,15,26H,12-14H2,1-2H3/t15-,19?/m0/s1. The molecule has 158 valence electrons. The molecule has 1 N–H and O–H groups in total. The molecule has 1 unspecified atom stereocenters. The molecule has 0 amide bonds. The van der Waals surface area contributed by atoms with Crippen molar-refractivity contribution >= 4 is 15.7 Å². The highest BCUT2D eigenvalue weighted by Gasteiger charge is 2.51. The van der Waals surface area contributed by atoms with E-state index in [0.29, 0.717) is 12.2 Å². The van der Waals surface area contributed by atoms with Crippen LogP contribution in [0.2, 0.25) is 0 Å². The van der Waals surface area contributed by atoms with Crippen LogP contribution in [0.3, 0.4) is 0 Å². The summed E-state index contributed by atoms with van der Waals surface area (Å²) in [6.45, 7) is 3.52. The van der Waals surface area contributed by atoms with Gasteiger partial charge in [0.2, 0.25) is 10.0 Å². The van der Waals surface area contributed by atoms with Gasteiger partial charge in [0.25, 0.3) is 0 Å². The van der Waals surface area contributed by atoms with Crippen molar-refractivity contribution in [2.75, 3.05) is 24.5 Å². The van der Waals surface area contributed by atoms with E-state index in [1.807, 2.05) is 11.8 Å². The highest BCUT2D eigenvalue weighted by atomic mass is 32.2. The molecular formula is C20H23F3N2O3S. The van der Waals surface area contributed by atoms with Gasteiger partial charge in [-0.2, -0.15) is 17.5 Å². The van der Waals surface area contributed by atoms with Crippen LogP contribution in [0.1, 0.15) is 19.4 Å². The molecule has 3 rings (SSSR count). The molecule has 0 aliphatic carbocycles. The van der Waals surface area contributed by atoms with Crippen LogP contribution in [0.25, 0.3) is 0 Å². The van der Waals surface area contributed by atoms with Crippen molar-refractivity contribution in [2.45, 2.75) is 36.6 Å². The smallest absolute Gasteiger partial charge is 0.376 e. The van der Waals surface area contributed by atoms with Gasteiger partial charge in [0.15, 0.2) is 5.60 Å². The molecule has 2 aromatic carbocycles. The van der Waals surface area contributed by atoms with Gasteiger partial charge >= 0.3 is 6.18 Å². The molecule has 1 saturated heterocycles. The van der Waals surface area contributed by atoms with Crippen molar-refractivity contribution in [1.82, 2.24) is 4.31 Å². The number of sulfonamides is 1. The van der Waals surface area contributed by atoms with Crippen LogP contribution in [0.4, 0.5) is 18.9 Å². The Morgan fingerprint density at radius 1 is 1.00 bits per heavy atom. The lowest BCUT2D eigenvalue weighted by atomic mass is 9.95. The third-order valence-corrected chi connectivity index (χ3v) is 7.16. The lowest BCUT2D eigenvalue weighted by Crippen LogP contribution is -2.53. The normalized spacial score (nSPS) is 21.0. The Hall–Kier alpha value is -2.10. The molecule has 1 aliphatic heterocycles. The van der Waals surface area contributed by atoms with Crippen LogP contribution >= 0.6 is 0 Å². The molecule has 5 nitrogen and oxygen atoms in total. The van der Waals surface area contributed by atoms with Crippen LogP contribution in [0.5, 0.6) is 0 Å². The Morgan fingerprint density at radius 3 is 2.10 bits per heavy atom. The summed E-state index contributed by atoms with van der Waals surface area (Å²) in [6.07, 6.45) is -4.78. The van der Waals surface area contributed by atoms with Gasteiger partial charge in [-0.1, -0.05) is 30.3 Å². The van der Waals surface area contributed by atoms with E-state index in [1.165, 1.54) is 28.6 Å².